The van der Waals surface area contributed by atoms with Crippen molar-refractivity contribution in [2.24, 2.45) is 5.92 Å². The zero-order valence-electron chi connectivity index (χ0n) is 15.8. The lowest BCUT2D eigenvalue weighted by molar-refractivity contribution is 0.0124. The molecule has 1 aromatic heterocycles. The number of carbonyl (C=O) groups is 1. The second-order valence-corrected chi connectivity index (χ2v) is 7.21. The molecule has 144 valence electrons. The maximum absolute atomic E-state index is 12.6. The lowest BCUT2D eigenvalue weighted by atomic mass is 9.92. The quantitative estimate of drug-likeness (QED) is 0.695. The van der Waals surface area contributed by atoms with Crippen molar-refractivity contribution < 1.29 is 9.63 Å². The molecule has 0 unspecified atom stereocenters. The smallest absolute Gasteiger partial charge is 0.276 e. The van der Waals surface area contributed by atoms with E-state index in [9.17, 15) is 4.79 Å². The van der Waals surface area contributed by atoms with Gasteiger partial charge in [-0.25, -0.2) is 5.48 Å². The Hall–Kier alpha value is -2.40. The van der Waals surface area contributed by atoms with Gasteiger partial charge < -0.3 is 5.32 Å². The number of anilines is 1. The number of hydrogen-bond acceptors (Lipinski definition) is 4. The van der Waals surface area contributed by atoms with Gasteiger partial charge in [-0.2, -0.15) is 0 Å². The summed E-state index contributed by atoms with van der Waals surface area (Å²) < 4.78 is 0. The molecule has 0 radical (unpaired) electrons. The number of rotatable bonds is 7. The number of hydroxylamine groups is 1. The molecule has 2 N–H and O–H groups in total. The van der Waals surface area contributed by atoms with Gasteiger partial charge in [0, 0.05) is 24.6 Å². The van der Waals surface area contributed by atoms with E-state index < -0.39 is 0 Å². The minimum atomic E-state index is -0.210. The summed E-state index contributed by atoms with van der Waals surface area (Å²) in [6.07, 6.45) is 12.4. The normalized spacial score (nSPS) is 15.6. The van der Waals surface area contributed by atoms with Crippen LogP contribution in [0.25, 0.3) is 0 Å². The Morgan fingerprint density at radius 3 is 2.48 bits per heavy atom. The van der Waals surface area contributed by atoms with Crippen LogP contribution in [0.5, 0.6) is 0 Å². The van der Waals surface area contributed by atoms with Gasteiger partial charge in [-0.3, -0.25) is 14.6 Å². The number of nitrogens with one attached hydrogen (secondary N) is 2. The third kappa shape index (κ3) is 6.36. The monoisotopic (exact) mass is 367 g/mol. The first-order chi connectivity index (χ1) is 13.3. The van der Waals surface area contributed by atoms with Gasteiger partial charge in [0.05, 0.1) is 12.2 Å². The van der Waals surface area contributed by atoms with Crippen LogP contribution in [0.1, 0.15) is 60.9 Å². The summed E-state index contributed by atoms with van der Waals surface area (Å²) in [5.74, 6) is 0.337. The number of amides is 1. The molecule has 5 heteroatoms. The zero-order chi connectivity index (χ0) is 18.7. The largest absolute Gasteiger partial charge is 0.380 e. The molecule has 0 aliphatic heterocycles. The van der Waals surface area contributed by atoms with E-state index >= 15 is 0 Å². The van der Waals surface area contributed by atoms with Gasteiger partial charge in [0.25, 0.3) is 5.91 Å². The van der Waals surface area contributed by atoms with E-state index in [1.165, 1.54) is 44.9 Å². The van der Waals surface area contributed by atoms with Crippen molar-refractivity contribution in [1.29, 1.82) is 0 Å². The minimum Gasteiger partial charge on any atom is -0.380 e. The molecule has 1 heterocycles. The topological polar surface area (TPSA) is 63.2 Å². The van der Waals surface area contributed by atoms with E-state index in [4.69, 9.17) is 4.84 Å². The Kier molecular flexibility index (Phi) is 7.66. The van der Waals surface area contributed by atoms with Crippen molar-refractivity contribution >= 4 is 11.6 Å². The predicted molar refractivity (Wildman–Crippen MR) is 107 cm³/mol. The molecular formula is C22H29N3O2. The molecule has 2 aromatic rings. The highest BCUT2D eigenvalue weighted by atomic mass is 16.6. The van der Waals surface area contributed by atoms with Gasteiger partial charge in [0.2, 0.25) is 0 Å². The number of nitrogens with zero attached hydrogens (tertiary/aromatic N) is 1. The second kappa shape index (κ2) is 10.7. The van der Waals surface area contributed by atoms with E-state index in [1.54, 1.807) is 12.4 Å². The van der Waals surface area contributed by atoms with Crippen molar-refractivity contribution in [3.05, 3.63) is 59.9 Å². The predicted octanol–water partition coefficient (Wildman–Crippen LogP) is 4.72. The molecule has 1 aliphatic rings. The van der Waals surface area contributed by atoms with Crippen molar-refractivity contribution in [2.75, 3.05) is 11.9 Å². The van der Waals surface area contributed by atoms with Crippen LogP contribution in [0, 0.1) is 5.92 Å². The van der Waals surface area contributed by atoms with Gasteiger partial charge in [-0.1, -0.05) is 44.2 Å². The first kappa shape index (κ1) is 19.4. The number of aromatic nitrogens is 1. The third-order valence-electron chi connectivity index (χ3n) is 5.11. The van der Waals surface area contributed by atoms with Crippen molar-refractivity contribution in [3.63, 3.8) is 0 Å². The van der Waals surface area contributed by atoms with Gasteiger partial charge in [-0.15, -0.1) is 0 Å². The summed E-state index contributed by atoms with van der Waals surface area (Å²) in [7, 11) is 0. The molecule has 1 saturated carbocycles. The lowest BCUT2D eigenvalue weighted by Gasteiger charge is -2.19. The van der Waals surface area contributed by atoms with Gasteiger partial charge in [0.1, 0.15) is 0 Å². The summed E-state index contributed by atoms with van der Waals surface area (Å²) >= 11 is 0. The summed E-state index contributed by atoms with van der Waals surface area (Å²) in [5.41, 5.74) is 5.12. The average Bonchev–Trinajstić information content (AvgIpc) is 2.69. The molecular weight excluding hydrogens is 338 g/mol. The Balaban J connectivity index is 1.50. The fraction of sp³-hybridized carbons (Fsp3) is 0.455. The molecule has 0 saturated heterocycles. The van der Waals surface area contributed by atoms with Crippen molar-refractivity contribution in [2.45, 2.75) is 51.5 Å². The molecule has 27 heavy (non-hydrogen) atoms. The Bertz CT molecular complexity index is 698. The van der Waals surface area contributed by atoms with Gasteiger partial charge in [-0.05, 0) is 48.6 Å². The van der Waals surface area contributed by atoms with Crippen LogP contribution in [0.15, 0.2) is 48.8 Å². The van der Waals surface area contributed by atoms with Gasteiger partial charge in [0.15, 0.2) is 0 Å². The van der Waals surface area contributed by atoms with Crippen molar-refractivity contribution in [1.82, 2.24) is 10.5 Å². The van der Waals surface area contributed by atoms with Crippen LogP contribution in [0.2, 0.25) is 0 Å². The molecule has 3 rings (SSSR count). The highest BCUT2D eigenvalue weighted by molar-refractivity contribution is 5.98. The van der Waals surface area contributed by atoms with E-state index in [1.807, 2.05) is 36.4 Å². The highest BCUT2D eigenvalue weighted by Crippen LogP contribution is 2.22. The van der Waals surface area contributed by atoms with E-state index in [2.05, 4.69) is 15.8 Å². The fourth-order valence-electron chi connectivity index (χ4n) is 3.52. The fourth-order valence-corrected chi connectivity index (χ4v) is 3.52. The molecule has 5 nitrogen and oxygen atoms in total. The molecule has 0 atom stereocenters. The number of pyridine rings is 1. The van der Waals surface area contributed by atoms with Crippen LogP contribution in [0.3, 0.4) is 0 Å². The number of carbonyl (C=O) groups excluding carboxylic acids is 1. The molecule has 1 amide bonds. The summed E-state index contributed by atoms with van der Waals surface area (Å²) in [4.78, 5) is 22.1. The lowest BCUT2D eigenvalue weighted by Crippen LogP contribution is -2.27. The Labute approximate surface area is 161 Å². The minimum absolute atomic E-state index is 0.210. The molecule has 1 aliphatic carbocycles. The van der Waals surface area contributed by atoms with Crippen LogP contribution in [-0.2, 0) is 11.4 Å². The van der Waals surface area contributed by atoms with Crippen LogP contribution in [-0.4, -0.2) is 17.5 Å². The molecule has 1 fully saturated rings. The molecule has 0 bridgehead atoms. The van der Waals surface area contributed by atoms with Crippen molar-refractivity contribution in [3.8, 4) is 0 Å². The number of hydrogen-bond donors (Lipinski definition) is 2. The van der Waals surface area contributed by atoms with Gasteiger partial charge >= 0.3 is 0 Å². The molecule has 0 spiro atoms. The summed E-state index contributed by atoms with van der Waals surface area (Å²) in [6, 6.07) is 11.4. The van der Waals surface area contributed by atoms with Crippen LogP contribution in [0.4, 0.5) is 5.69 Å². The van der Waals surface area contributed by atoms with E-state index in [0.717, 1.165) is 11.3 Å². The van der Waals surface area contributed by atoms with Crippen LogP contribution < -0.4 is 10.8 Å². The number of para-hydroxylation sites is 1. The Morgan fingerprint density at radius 1 is 1.00 bits per heavy atom. The van der Waals surface area contributed by atoms with E-state index in [-0.39, 0.29) is 5.91 Å². The third-order valence-corrected chi connectivity index (χ3v) is 5.11. The average molecular weight is 367 g/mol. The SMILES string of the molecule is O=C(NOCC1CCCCCCC1)c1ccccc1NCc1ccncc1. The van der Waals surface area contributed by atoms with E-state index in [0.29, 0.717) is 24.6 Å². The highest BCUT2D eigenvalue weighted by Gasteiger charge is 2.14. The summed E-state index contributed by atoms with van der Waals surface area (Å²) in [5, 5.41) is 3.32. The Morgan fingerprint density at radius 2 is 1.70 bits per heavy atom. The maximum atomic E-state index is 12.6. The summed E-state index contributed by atoms with van der Waals surface area (Å²) in [6.45, 7) is 1.23. The first-order valence-corrected chi connectivity index (χ1v) is 9.97. The maximum Gasteiger partial charge on any atom is 0.276 e. The number of benzene rings is 1. The standard InChI is InChI=1S/C22H29N3O2/c26-22(25-27-17-19-8-4-2-1-3-5-9-19)20-10-6-7-11-21(20)24-16-18-12-14-23-15-13-18/h6-7,10-15,19,24H,1-5,8-9,16-17H2,(H,25,26). The van der Waals surface area contributed by atoms with Crippen LogP contribution >= 0.6 is 0 Å². The molecule has 1 aromatic carbocycles. The zero-order valence-corrected chi connectivity index (χ0v) is 15.8. The first-order valence-electron chi connectivity index (χ1n) is 9.97. The second-order valence-electron chi connectivity index (χ2n) is 7.21.